The van der Waals surface area contributed by atoms with E-state index in [1.807, 2.05) is 18.3 Å². The van der Waals surface area contributed by atoms with Crippen LogP contribution < -0.4 is 0 Å². The maximum absolute atomic E-state index is 11.9. The number of aliphatic hydroxyl groups excluding tert-OH is 2. The summed E-state index contributed by atoms with van der Waals surface area (Å²) in [4.78, 5) is 15.1. The average molecular weight is 518 g/mol. The zero-order valence-electron chi connectivity index (χ0n) is 22.9. The lowest BCUT2D eigenvalue weighted by atomic mass is 9.80. The molecule has 2 aliphatic carbocycles. The third-order valence-corrected chi connectivity index (χ3v) is 9.11. The number of aromatic amines is 1. The van der Waals surface area contributed by atoms with Crippen molar-refractivity contribution in [1.82, 2.24) is 4.98 Å². The molecule has 0 spiro atoms. The van der Waals surface area contributed by atoms with Gasteiger partial charge >= 0.3 is 5.97 Å². The molecule has 1 aromatic rings. The van der Waals surface area contributed by atoms with Gasteiger partial charge in [-0.1, -0.05) is 64.0 Å². The molecule has 0 saturated heterocycles. The molecule has 5 N–H and O–H groups in total. The Morgan fingerprint density at radius 1 is 1.14 bits per heavy atom. The number of hydrogen-bond acceptors (Lipinski definition) is 4. The number of rotatable bonds is 17. The molecule has 0 amide bonds. The molecule has 1 fully saturated rings. The van der Waals surface area contributed by atoms with Crippen LogP contribution in [0.2, 0.25) is 0 Å². The number of nitrogens with one attached hydrogen (secondary N) is 1. The van der Waals surface area contributed by atoms with Crippen molar-refractivity contribution in [3.63, 3.8) is 0 Å². The zero-order valence-corrected chi connectivity index (χ0v) is 22.9. The lowest BCUT2D eigenvalue weighted by molar-refractivity contribution is -0.146. The van der Waals surface area contributed by atoms with Crippen LogP contribution in [0.5, 0.6) is 0 Å². The van der Waals surface area contributed by atoms with E-state index >= 15 is 0 Å². The quantitative estimate of drug-likeness (QED) is 0.128. The van der Waals surface area contributed by atoms with Gasteiger partial charge in [0.05, 0.1) is 23.7 Å². The van der Waals surface area contributed by atoms with Crippen molar-refractivity contribution in [2.75, 3.05) is 0 Å². The van der Waals surface area contributed by atoms with Crippen molar-refractivity contribution in [2.24, 2.45) is 23.7 Å². The van der Waals surface area contributed by atoms with Crippen LogP contribution in [0.4, 0.5) is 0 Å². The van der Waals surface area contributed by atoms with E-state index in [-0.39, 0.29) is 17.9 Å². The van der Waals surface area contributed by atoms with Crippen molar-refractivity contribution in [2.45, 2.75) is 127 Å². The Hall–Kier alpha value is -1.63. The van der Waals surface area contributed by atoms with Crippen LogP contribution in [0, 0.1) is 23.7 Å². The number of H-pyrrole nitrogens is 1. The Morgan fingerprint density at radius 3 is 2.65 bits per heavy atom. The van der Waals surface area contributed by atoms with E-state index < -0.39 is 23.6 Å². The second-order valence-corrected chi connectivity index (χ2v) is 11.9. The predicted molar refractivity (Wildman–Crippen MR) is 147 cm³/mol. The fraction of sp³-hybridized carbons (Fsp3) is 0.774. The summed E-state index contributed by atoms with van der Waals surface area (Å²) < 4.78 is 0. The minimum absolute atomic E-state index is 0.137. The van der Waals surface area contributed by atoms with Crippen molar-refractivity contribution in [3.05, 3.63) is 36.2 Å². The molecule has 1 heterocycles. The van der Waals surface area contributed by atoms with Gasteiger partial charge in [0.1, 0.15) is 0 Å². The number of hydrogen-bond donors (Lipinski definition) is 5. The van der Waals surface area contributed by atoms with Crippen LogP contribution in [-0.2, 0) is 11.2 Å². The van der Waals surface area contributed by atoms with Crippen LogP contribution in [0.3, 0.4) is 0 Å². The number of allylic oxidation sites excluding steroid dienone is 1. The number of aromatic nitrogens is 1. The first kappa shape index (κ1) is 29.9. The third-order valence-electron chi connectivity index (χ3n) is 9.11. The molecule has 0 bridgehead atoms. The van der Waals surface area contributed by atoms with Gasteiger partial charge in [0.25, 0.3) is 0 Å². The Balaban J connectivity index is 1.36. The average Bonchev–Trinajstić information content (AvgIpc) is 3.51. The van der Waals surface area contributed by atoms with Gasteiger partial charge in [-0.3, -0.25) is 4.79 Å². The van der Waals surface area contributed by atoms with E-state index in [4.69, 9.17) is 0 Å². The highest BCUT2D eigenvalue weighted by molar-refractivity contribution is 5.70. The van der Waals surface area contributed by atoms with E-state index in [1.165, 1.54) is 19.3 Å². The van der Waals surface area contributed by atoms with Crippen LogP contribution >= 0.6 is 0 Å². The summed E-state index contributed by atoms with van der Waals surface area (Å²) in [6.45, 7) is 2.21. The summed E-state index contributed by atoms with van der Waals surface area (Å²) in [5, 5.41) is 42.3. The van der Waals surface area contributed by atoms with E-state index in [1.54, 1.807) is 0 Å². The second kappa shape index (κ2) is 15.1. The highest BCUT2D eigenvalue weighted by Crippen LogP contribution is 2.41. The first-order valence-electron chi connectivity index (χ1n) is 14.9. The maximum Gasteiger partial charge on any atom is 0.309 e. The topological polar surface area (TPSA) is 114 Å². The minimum Gasteiger partial charge on any atom is -0.481 e. The largest absolute Gasteiger partial charge is 0.481 e. The molecule has 1 aromatic heterocycles. The van der Waals surface area contributed by atoms with Crippen molar-refractivity contribution in [3.8, 4) is 0 Å². The lowest BCUT2D eigenvalue weighted by Gasteiger charge is -2.32. The predicted octanol–water partition coefficient (Wildman–Crippen LogP) is 6.01. The second-order valence-electron chi connectivity index (χ2n) is 11.9. The van der Waals surface area contributed by atoms with Crippen LogP contribution in [0.15, 0.2) is 30.5 Å². The summed E-state index contributed by atoms with van der Waals surface area (Å²) >= 11 is 0. The van der Waals surface area contributed by atoms with E-state index in [0.29, 0.717) is 31.6 Å². The maximum atomic E-state index is 11.9. The molecular weight excluding hydrogens is 466 g/mol. The molecule has 0 radical (unpaired) electrons. The van der Waals surface area contributed by atoms with Gasteiger partial charge < -0.3 is 25.4 Å². The molecule has 7 unspecified atom stereocenters. The van der Waals surface area contributed by atoms with Gasteiger partial charge in [-0.05, 0) is 81.8 Å². The molecule has 0 aliphatic heterocycles. The molecule has 210 valence electrons. The Kier molecular flexibility index (Phi) is 12.2. The normalized spacial score (nSPS) is 29.4. The van der Waals surface area contributed by atoms with E-state index in [2.05, 4.69) is 24.1 Å². The summed E-state index contributed by atoms with van der Waals surface area (Å²) in [6, 6.07) is 3.99. The fourth-order valence-corrected chi connectivity index (χ4v) is 6.66. The highest BCUT2D eigenvalue weighted by atomic mass is 16.4. The Labute approximate surface area is 223 Å². The number of unbranched alkanes of at least 4 members (excludes halogenated alkanes) is 4. The molecule has 7 atom stereocenters. The van der Waals surface area contributed by atoms with Crippen molar-refractivity contribution >= 4 is 5.97 Å². The number of carboxylic acids is 1. The molecule has 37 heavy (non-hydrogen) atoms. The third kappa shape index (κ3) is 9.26. The van der Waals surface area contributed by atoms with Crippen LogP contribution in [-0.4, -0.2) is 49.2 Å². The summed E-state index contributed by atoms with van der Waals surface area (Å²) in [6.07, 6.45) is 19.0. The molecule has 3 rings (SSSR count). The summed E-state index contributed by atoms with van der Waals surface area (Å²) in [7, 11) is 0. The first-order chi connectivity index (χ1) is 17.8. The van der Waals surface area contributed by atoms with Crippen molar-refractivity contribution in [1.29, 1.82) is 0 Å². The summed E-state index contributed by atoms with van der Waals surface area (Å²) in [5.41, 5.74) is 0.274. The molecule has 0 aromatic carbocycles. The molecule has 6 nitrogen and oxygen atoms in total. The number of aliphatic carboxylic acids is 1. The minimum atomic E-state index is -0.950. The van der Waals surface area contributed by atoms with Gasteiger partial charge in [0.15, 0.2) is 0 Å². The Morgan fingerprint density at radius 2 is 1.95 bits per heavy atom. The monoisotopic (exact) mass is 517 g/mol. The number of carboxylic acid groups (broad SMARTS) is 1. The van der Waals surface area contributed by atoms with Gasteiger partial charge in [0.2, 0.25) is 0 Å². The Bertz CT molecular complexity index is 809. The SMILES string of the molecule is CCCCCC1C=CC(CCCCCC(C(=O)O)C(O)CCC2(O)CCCC2Cc2ccc[nH]2)C(O)C1. The molecular formula is C31H51NO5. The highest BCUT2D eigenvalue weighted by Gasteiger charge is 2.41. The van der Waals surface area contributed by atoms with E-state index in [9.17, 15) is 25.2 Å². The van der Waals surface area contributed by atoms with Crippen LogP contribution in [0.1, 0.15) is 109 Å². The van der Waals surface area contributed by atoms with E-state index in [0.717, 1.165) is 63.5 Å². The number of aliphatic hydroxyl groups is 3. The first-order valence-corrected chi connectivity index (χ1v) is 14.9. The smallest absolute Gasteiger partial charge is 0.309 e. The number of carbonyl (C=O) groups is 1. The van der Waals surface area contributed by atoms with Crippen LogP contribution in [0.25, 0.3) is 0 Å². The lowest BCUT2D eigenvalue weighted by Crippen LogP contribution is -2.37. The van der Waals surface area contributed by atoms with Gasteiger partial charge in [-0.15, -0.1) is 0 Å². The van der Waals surface area contributed by atoms with Gasteiger partial charge in [-0.2, -0.15) is 0 Å². The zero-order chi connectivity index (χ0) is 26.7. The van der Waals surface area contributed by atoms with Gasteiger partial charge in [-0.25, -0.2) is 0 Å². The standard InChI is InChI=1S/C31H51NO5/c1-2-3-5-10-23-15-16-24(29(34)21-23)11-6-4-7-14-27(30(35)36)28(33)17-19-31(37)18-8-12-25(31)22-26-13-9-20-32-26/h9,13,15-16,20,23-25,27-29,32-34,37H,2-8,10-12,14,17-19,21-22H2,1H3,(H,35,36). The van der Waals surface area contributed by atoms with Gasteiger partial charge in [0, 0.05) is 17.8 Å². The van der Waals surface area contributed by atoms with Crippen molar-refractivity contribution < 1.29 is 25.2 Å². The fourth-order valence-electron chi connectivity index (χ4n) is 6.66. The molecule has 6 heteroatoms. The molecule has 2 aliphatic rings. The summed E-state index contributed by atoms with van der Waals surface area (Å²) in [5.74, 6) is -0.905. The molecule has 1 saturated carbocycles.